The summed E-state index contributed by atoms with van der Waals surface area (Å²) in [6.07, 6.45) is 7.45. The molecule has 4 amide bonds. The van der Waals surface area contributed by atoms with Gasteiger partial charge in [-0.15, -0.1) is 0 Å². The summed E-state index contributed by atoms with van der Waals surface area (Å²) in [6, 6.07) is -0.329. The predicted molar refractivity (Wildman–Crippen MR) is 100 cm³/mol. The number of urea groups is 1. The Bertz CT molecular complexity index is 708. The summed E-state index contributed by atoms with van der Waals surface area (Å²) in [4.78, 5) is 40.1. The Morgan fingerprint density at radius 2 is 2.04 bits per heavy atom. The minimum absolute atomic E-state index is 0.132. The van der Waals surface area contributed by atoms with Gasteiger partial charge in [-0.25, -0.2) is 4.79 Å². The first-order valence-electron chi connectivity index (χ1n) is 9.51. The highest BCUT2D eigenvalue weighted by molar-refractivity contribution is 6.07. The van der Waals surface area contributed by atoms with Gasteiger partial charge in [0.1, 0.15) is 5.54 Å². The Kier molecular flexibility index (Phi) is 5.79. The van der Waals surface area contributed by atoms with Crippen molar-refractivity contribution in [2.75, 3.05) is 32.5 Å². The molecule has 2 fully saturated rings. The monoisotopic (exact) mass is 376 g/mol. The van der Waals surface area contributed by atoms with Gasteiger partial charge in [-0.1, -0.05) is 12.8 Å². The van der Waals surface area contributed by atoms with E-state index in [-0.39, 0.29) is 30.8 Å². The van der Waals surface area contributed by atoms with Crippen LogP contribution in [0, 0.1) is 0 Å². The minimum Gasteiger partial charge on any atom is -0.323 e. The molecule has 1 aliphatic heterocycles. The quantitative estimate of drug-likeness (QED) is 0.660. The average Bonchev–Trinajstić information content (AvgIpc) is 3.30. The summed E-state index contributed by atoms with van der Waals surface area (Å²) in [6.45, 7) is 1.88. The summed E-state index contributed by atoms with van der Waals surface area (Å²) in [5.74, 6) is -0.280. The molecule has 2 heterocycles. The molecule has 0 atom stereocenters. The van der Waals surface area contributed by atoms with Gasteiger partial charge in [0.2, 0.25) is 5.91 Å². The van der Waals surface area contributed by atoms with Gasteiger partial charge < -0.3 is 15.5 Å². The van der Waals surface area contributed by atoms with Crippen LogP contribution in [0.4, 0.5) is 10.5 Å². The Hall–Kier alpha value is -2.42. The second-order valence-corrected chi connectivity index (χ2v) is 7.62. The number of carbonyl (C=O) groups excluding carboxylic acids is 3. The van der Waals surface area contributed by atoms with Crippen molar-refractivity contribution in [3.05, 3.63) is 12.4 Å². The van der Waals surface area contributed by atoms with Gasteiger partial charge in [0.15, 0.2) is 0 Å². The Labute approximate surface area is 159 Å². The molecule has 0 aromatic carbocycles. The zero-order valence-corrected chi connectivity index (χ0v) is 16.0. The molecule has 1 aliphatic carbocycles. The van der Waals surface area contributed by atoms with E-state index in [4.69, 9.17) is 0 Å². The van der Waals surface area contributed by atoms with Gasteiger partial charge in [-0.2, -0.15) is 5.10 Å². The number of hydrogen-bond acceptors (Lipinski definition) is 5. The largest absolute Gasteiger partial charge is 0.325 e. The lowest BCUT2D eigenvalue weighted by atomic mass is 9.98. The zero-order chi connectivity index (χ0) is 19.4. The highest BCUT2D eigenvalue weighted by Gasteiger charge is 2.51. The maximum absolute atomic E-state index is 12.5. The van der Waals surface area contributed by atoms with E-state index in [0.29, 0.717) is 24.9 Å². The van der Waals surface area contributed by atoms with Crippen molar-refractivity contribution in [2.24, 2.45) is 0 Å². The molecule has 3 rings (SSSR count). The number of imide groups is 1. The molecule has 2 aliphatic rings. The normalized spacial score (nSPS) is 18.6. The number of rotatable bonds is 8. The smallest absolute Gasteiger partial charge is 0.323 e. The fraction of sp³-hybridized carbons (Fsp3) is 0.667. The Morgan fingerprint density at radius 3 is 2.74 bits per heavy atom. The van der Waals surface area contributed by atoms with E-state index in [1.165, 1.54) is 4.90 Å². The van der Waals surface area contributed by atoms with Crippen molar-refractivity contribution >= 4 is 23.5 Å². The summed E-state index contributed by atoms with van der Waals surface area (Å²) < 4.78 is 1.78. The fourth-order valence-electron chi connectivity index (χ4n) is 3.67. The van der Waals surface area contributed by atoms with E-state index < -0.39 is 5.54 Å². The number of nitrogens with zero attached hydrogens (tertiary/aromatic N) is 4. The molecule has 0 unspecified atom stereocenters. The second kappa shape index (κ2) is 8.08. The zero-order valence-electron chi connectivity index (χ0n) is 16.0. The number of hydrogen-bond donors (Lipinski definition) is 2. The lowest BCUT2D eigenvalue weighted by Crippen LogP contribution is -2.44. The number of likely N-dealkylation sites (N-methyl/N-ethyl adjacent to an activating group) is 1. The molecule has 1 aromatic heterocycles. The maximum Gasteiger partial charge on any atom is 0.325 e. The summed E-state index contributed by atoms with van der Waals surface area (Å²) in [5.41, 5.74) is -0.0285. The fourth-order valence-corrected chi connectivity index (χ4v) is 3.67. The molecule has 1 saturated carbocycles. The van der Waals surface area contributed by atoms with Crippen molar-refractivity contribution < 1.29 is 14.4 Å². The van der Waals surface area contributed by atoms with Crippen LogP contribution in [-0.4, -0.2) is 70.1 Å². The molecule has 0 radical (unpaired) electrons. The van der Waals surface area contributed by atoms with Crippen LogP contribution in [0.25, 0.3) is 0 Å². The van der Waals surface area contributed by atoms with E-state index in [1.54, 1.807) is 17.1 Å². The molecule has 1 aromatic rings. The van der Waals surface area contributed by atoms with Crippen molar-refractivity contribution in [2.45, 2.75) is 50.6 Å². The third kappa shape index (κ3) is 4.47. The first-order valence-corrected chi connectivity index (χ1v) is 9.51. The second-order valence-electron chi connectivity index (χ2n) is 7.62. The van der Waals surface area contributed by atoms with Crippen LogP contribution in [-0.2, 0) is 16.1 Å². The summed E-state index contributed by atoms with van der Waals surface area (Å²) >= 11 is 0. The first-order chi connectivity index (χ1) is 12.9. The van der Waals surface area contributed by atoms with Crippen LogP contribution in [0.15, 0.2) is 12.4 Å². The van der Waals surface area contributed by atoms with Gasteiger partial charge >= 0.3 is 6.03 Å². The van der Waals surface area contributed by atoms with E-state index in [1.807, 2.05) is 14.1 Å². The van der Waals surface area contributed by atoms with Gasteiger partial charge in [0, 0.05) is 25.7 Å². The van der Waals surface area contributed by atoms with Gasteiger partial charge in [0.05, 0.1) is 18.4 Å². The van der Waals surface area contributed by atoms with Crippen molar-refractivity contribution in [3.8, 4) is 0 Å². The third-order valence-electron chi connectivity index (χ3n) is 5.18. The lowest BCUT2D eigenvalue weighted by Gasteiger charge is -2.19. The lowest BCUT2D eigenvalue weighted by molar-refractivity contribution is -0.131. The number of amides is 4. The topological polar surface area (TPSA) is 99.6 Å². The highest BCUT2D eigenvalue weighted by atomic mass is 16.2. The molecular formula is C18H28N6O3. The molecule has 1 spiro atoms. The number of aromatic nitrogens is 2. The van der Waals surface area contributed by atoms with Crippen molar-refractivity contribution in [1.29, 1.82) is 0 Å². The highest BCUT2D eigenvalue weighted by Crippen LogP contribution is 2.35. The van der Waals surface area contributed by atoms with E-state index in [2.05, 4.69) is 20.6 Å². The van der Waals surface area contributed by atoms with Crippen LogP contribution < -0.4 is 10.6 Å². The van der Waals surface area contributed by atoms with Crippen LogP contribution >= 0.6 is 0 Å². The van der Waals surface area contributed by atoms with Gasteiger partial charge in [-0.05, 0) is 33.4 Å². The average molecular weight is 376 g/mol. The van der Waals surface area contributed by atoms with Crippen LogP contribution in [0.2, 0.25) is 0 Å². The number of nitrogens with one attached hydrogen (secondary N) is 2. The SMILES string of the molecule is CN(C)CCn1cc(NC(=O)CCCN2C(=O)NC3(CCCC3)C2=O)cn1. The number of anilines is 1. The Balaban J connectivity index is 1.42. The predicted octanol–water partition coefficient (Wildman–Crippen LogP) is 1.03. The summed E-state index contributed by atoms with van der Waals surface area (Å²) in [5, 5.41) is 9.87. The van der Waals surface area contributed by atoms with Crippen LogP contribution in [0.5, 0.6) is 0 Å². The maximum atomic E-state index is 12.5. The molecular weight excluding hydrogens is 348 g/mol. The van der Waals surface area contributed by atoms with Crippen LogP contribution in [0.1, 0.15) is 38.5 Å². The van der Waals surface area contributed by atoms with Crippen molar-refractivity contribution in [1.82, 2.24) is 24.9 Å². The van der Waals surface area contributed by atoms with E-state index >= 15 is 0 Å². The standard InChI is InChI=1S/C18H28N6O3/c1-22(2)10-11-23-13-14(12-19-23)20-15(25)6-5-9-24-16(26)18(21-17(24)27)7-3-4-8-18/h12-13H,3-11H2,1-2H3,(H,20,25)(H,21,27). The van der Waals surface area contributed by atoms with Crippen LogP contribution in [0.3, 0.4) is 0 Å². The van der Waals surface area contributed by atoms with E-state index in [0.717, 1.165) is 25.9 Å². The Morgan fingerprint density at radius 1 is 1.30 bits per heavy atom. The molecule has 9 heteroatoms. The molecule has 9 nitrogen and oxygen atoms in total. The third-order valence-corrected chi connectivity index (χ3v) is 5.18. The minimum atomic E-state index is -0.680. The number of carbonyl (C=O) groups is 3. The first kappa shape index (κ1) is 19.3. The molecule has 0 bridgehead atoms. The molecule has 148 valence electrons. The van der Waals surface area contributed by atoms with Gasteiger partial charge in [-0.3, -0.25) is 19.2 Å². The molecule has 27 heavy (non-hydrogen) atoms. The van der Waals surface area contributed by atoms with E-state index in [9.17, 15) is 14.4 Å². The summed E-state index contributed by atoms with van der Waals surface area (Å²) in [7, 11) is 3.98. The molecule has 1 saturated heterocycles. The van der Waals surface area contributed by atoms with Crippen molar-refractivity contribution in [3.63, 3.8) is 0 Å². The molecule has 2 N–H and O–H groups in total. The van der Waals surface area contributed by atoms with Gasteiger partial charge in [0.25, 0.3) is 5.91 Å².